The van der Waals surface area contributed by atoms with Gasteiger partial charge >= 0.3 is 5.97 Å². The van der Waals surface area contributed by atoms with Crippen LogP contribution in [-0.2, 0) is 17.8 Å². The molecule has 1 atom stereocenters. The standard InChI is InChI=1S/C27H33ClN4O4/c1-16(2)35-23-9-7-19(13-21(23)28)24-30-26(31-36-24)32-11-10-18-12-17(6-8-22(18)32)14-29-15-20(25(33)34)27(3,4)5/h6-9,12-13,16,20,29H,10-11,14-15H2,1-5H3,(H,33,34). The maximum atomic E-state index is 11.6. The minimum Gasteiger partial charge on any atom is -0.489 e. The Morgan fingerprint density at radius 3 is 2.69 bits per heavy atom. The van der Waals surface area contributed by atoms with E-state index in [1.165, 1.54) is 5.56 Å². The van der Waals surface area contributed by atoms with Crippen LogP contribution in [-0.4, -0.2) is 40.4 Å². The van der Waals surface area contributed by atoms with Crippen molar-refractivity contribution in [3.63, 3.8) is 0 Å². The lowest BCUT2D eigenvalue weighted by Gasteiger charge is -2.27. The number of carbonyl (C=O) groups is 1. The summed E-state index contributed by atoms with van der Waals surface area (Å²) in [6.07, 6.45) is 0.889. The lowest BCUT2D eigenvalue weighted by Crippen LogP contribution is -2.37. The van der Waals surface area contributed by atoms with Gasteiger partial charge in [0.15, 0.2) is 0 Å². The van der Waals surface area contributed by atoms with Gasteiger partial charge < -0.3 is 24.6 Å². The van der Waals surface area contributed by atoms with Gasteiger partial charge in [-0.25, -0.2) is 0 Å². The van der Waals surface area contributed by atoms with Crippen LogP contribution in [0.5, 0.6) is 5.75 Å². The zero-order valence-corrected chi connectivity index (χ0v) is 22.1. The molecule has 9 heteroatoms. The Hall–Kier alpha value is -3.10. The van der Waals surface area contributed by atoms with E-state index in [2.05, 4.69) is 27.6 Å². The van der Waals surface area contributed by atoms with Crippen LogP contribution in [0.4, 0.5) is 11.6 Å². The van der Waals surface area contributed by atoms with Gasteiger partial charge in [0.25, 0.3) is 11.8 Å². The van der Waals surface area contributed by atoms with Crippen LogP contribution in [0.1, 0.15) is 45.7 Å². The first-order valence-electron chi connectivity index (χ1n) is 12.2. The van der Waals surface area contributed by atoms with Crippen molar-refractivity contribution in [2.24, 2.45) is 11.3 Å². The summed E-state index contributed by atoms with van der Waals surface area (Å²) >= 11 is 6.37. The number of rotatable bonds is 9. The number of halogens is 1. The van der Waals surface area contributed by atoms with Gasteiger partial charge in [0.2, 0.25) is 0 Å². The molecule has 0 aliphatic carbocycles. The molecule has 2 aromatic carbocycles. The van der Waals surface area contributed by atoms with Gasteiger partial charge in [0, 0.05) is 30.9 Å². The minimum atomic E-state index is -0.777. The van der Waals surface area contributed by atoms with Gasteiger partial charge in [-0.15, -0.1) is 0 Å². The lowest BCUT2D eigenvalue weighted by atomic mass is 9.80. The van der Waals surface area contributed by atoms with E-state index in [0.717, 1.165) is 29.8 Å². The topological polar surface area (TPSA) is 101 Å². The van der Waals surface area contributed by atoms with E-state index in [1.807, 2.05) is 57.7 Å². The number of aliphatic carboxylic acids is 1. The number of fused-ring (bicyclic) bond motifs is 1. The number of ether oxygens (including phenoxy) is 1. The van der Waals surface area contributed by atoms with E-state index < -0.39 is 11.9 Å². The normalized spacial score (nSPS) is 14.2. The number of anilines is 2. The Kier molecular flexibility index (Phi) is 7.57. The zero-order valence-electron chi connectivity index (χ0n) is 21.3. The van der Waals surface area contributed by atoms with Gasteiger partial charge in [0.1, 0.15) is 5.75 Å². The highest BCUT2D eigenvalue weighted by atomic mass is 35.5. The minimum absolute atomic E-state index is 0.0278. The molecule has 0 saturated heterocycles. The molecule has 0 amide bonds. The summed E-state index contributed by atoms with van der Waals surface area (Å²) in [5, 5.41) is 17.5. The van der Waals surface area contributed by atoms with Gasteiger partial charge in [-0.1, -0.05) is 44.5 Å². The van der Waals surface area contributed by atoms with Gasteiger partial charge in [-0.05, 0) is 66.2 Å². The Bertz CT molecular complexity index is 1230. The number of nitrogens with one attached hydrogen (secondary N) is 1. The molecular formula is C27H33ClN4O4. The molecule has 0 radical (unpaired) electrons. The average Bonchev–Trinajstić information content (AvgIpc) is 3.43. The van der Waals surface area contributed by atoms with Crippen molar-refractivity contribution >= 4 is 29.2 Å². The van der Waals surface area contributed by atoms with Crippen LogP contribution in [0, 0.1) is 11.3 Å². The first-order valence-corrected chi connectivity index (χ1v) is 12.5. The fourth-order valence-corrected chi connectivity index (χ4v) is 4.55. The first-order chi connectivity index (χ1) is 17.0. The number of carboxylic acid groups (broad SMARTS) is 1. The average molecular weight is 513 g/mol. The molecule has 36 heavy (non-hydrogen) atoms. The second kappa shape index (κ2) is 10.5. The summed E-state index contributed by atoms with van der Waals surface area (Å²) in [4.78, 5) is 18.2. The van der Waals surface area contributed by atoms with Crippen molar-refractivity contribution < 1.29 is 19.2 Å². The molecule has 1 aliphatic heterocycles. The van der Waals surface area contributed by atoms with Crippen molar-refractivity contribution in [2.75, 3.05) is 18.0 Å². The van der Waals surface area contributed by atoms with Gasteiger partial charge in [-0.3, -0.25) is 4.79 Å². The Labute approximate surface area is 216 Å². The number of hydrogen-bond acceptors (Lipinski definition) is 7. The second-order valence-corrected chi connectivity index (χ2v) is 10.9. The fraction of sp³-hybridized carbons (Fsp3) is 0.444. The third kappa shape index (κ3) is 5.82. The molecule has 1 aliphatic rings. The SMILES string of the molecule is CC(C)Oc1ccc(-c2nc(N3CCc4cc(CNCC(C(=O)O)C(C)(C)C)ccc43)no2)cc1Cl. The van der Waals surface area contributed by atoms with Crippen LogP contribution in [0.2, 0.25) is 5.02 Å². The summed E-state index contributed by atoms with van der Waals surface area (Å²) in [5.41, 5.74) is 3.77. The molecular weight excluding hydrogens is 480 g/mol. The largest absolute Gasteiger partial charge is 0.489 e. The number of benzene rings is 2. The summed E-state index contributed by atoms with van der Waals surface area (Å²) in [5.74, 6) is 0.280. The monoisotopic (exact) mass is 512 g/mol. The first kappa shape index (κ1) is 26.0. The van der Waals surface area contributed by atoms with E-state index in [0.29, 0.717) is 35.7 Å². The second-order valence-electron chi connectivity index (χ2n) is 10.5. The highest BCUT2D eigenvalue weighted by molar-refractivity contribution is 6.32. The predicted molar refractivity (Wildman–Crippen MR) is 140 cm³/mol. The molecule has 0 bridgehead atoms. The number of aromatic nitrogens is 2. The molecule has 1 aromatic heterocycles. The third-order valence-corrected chi connectivity index (χ3v) is 6.55. The highest BCUT2D eigenvalue weighted by Gasteiger charge is 2.31. The maximum Gasteiger partial charge on any atom is 0.308 e. The van der Waals surface area contributed by atoms with E-state index in [4.69, 9.17) is 20.9 Å². The van der Waals surface area contributed by atoms with E-state index in [9.17, 15) is 9.90 Å². The molecule has 2 heterocycles. The zero-order chi connectivity index (χ0) is 26.0. The van der Waals surface area contributed by atoms with Crippen molar-refractivity contribution in [3.8, 4) is 17.2 Å². The molecule has 4 rings (SSSR count). The van der Waals surface area contributed by atoms with Crippen molar-refractivity contribution in [3.05, 3.63) is 52.5 Å². The highest BCUT2D eigenvalue weighted by Crippen LogP contribution is 2.36. The molecule has 0 fully saturated rings. The maximum absolute atomic E-state index is 11.6. The van der Waals surface area contributed by atoms with Crippen LogP contribution in [0.3, 0.4) is 0 Å². The summed E-state index contributed by atoms with van der Waals surface area (Å²) in [7, 11) is 0. The van der Waals surface area contributed by atoms with Crippen molar-refractivity contribution in [1.82, 2.24) is 15.5 Å². The molecule has 1 unspecified atom stereocenters. The van der Waals surface area contributed by atoms with Gasteiger partial charge in [-0.2, -0.15) is 4.98 Å². The van der Waals surface area contributed by atoms with E-state index >= 15 is 0 Å². The molecule has 0 spiro atoms. The van der Waals surface area contributed by atoms with E-state index in [-0.39, 0.29) is 11.5 Å². The Morgan fingerprint density at radius 2 is 2.03 bits per heavy atom. The number of carboxylic acids is 1. The van der Waals surface area contributed by atoms with Crippen molar-refractivity contribution in [2.45, 2.75) is 53.7 Å². The number of hydrogen-bond donors (Lipinski definition) is 2. The van der Waals surface area contributed by atoms with Crippen LogP contribution >= 0.6 is 11.6 Å². The third-order valence-electron chi connectivity index (χ3n) is 6.26. The summed E-state index contributed by atoms with van der Waals surface area (Å²) < 4.78 is 11.2. The molecule has 192 valence electrons. The molecule has 3 aromatic rings. The van der Waals surface area contributed by atoms with Gasteiger partial charge in [0.05, 0.1) is 17.0 Å². The van der Waals surface area contributed by atoms with Crippen LogP contribution in [0.25, 0.3) is 11.5 Å². The smallest absolute Gasteiger partial charge is 0.308 e. The van der Waals surface area contributed by atoms with Crippen LogP contribution < -0.4 is 15.0 Å². The Morgan fingerprint density at radius 1 is 1.25 bits per heavy atom. The van der Waals surface area contributed by atoms with Crippen LogP contribution in [0.15, 0.2) is 40.9 Å². The predicted octanol–water partition coefficient (Wildman–Crippen LogP) is 5.71. The molecule has 2 N–H and O–H groups in total. The lowest BCUT2D eigenvalue weighted by molar-refractivity contribution is -0.145. The molecule has 8 nitrogen and oxygen atoms in total. The molecule has 0 saturated carbocycles. The fourth-order valence-electron chi connectivity index (χ4n) is 4.32. The number of nitrogens with zero attached hydrogens (tertiary/aromatic N) is 3. The quantitative estimate of drug-likeness (QED) is 0.376. The van der Waals surface area contributed by atoms with E-state index in [1.54, 1.807) is 6.07 Å². The summed E-state index contributed by atoms with van der Waals surface area (Å²) in [6, 6.07) is 11.7. The van der Waals surface area contributed by atoms with Crippen molar-refractivity contribution in [1.29, 1.82) is 0 Å². The summed E-state index contributed by atoms with van der Waals surface area (Å²) in [6.45, 7) is 11.5. The Balaban J connectivity index is 1.43.